The van der Waals surface area contributed by atoms with Gasteiger partial charge in [0.25, 0.3) is 0 Å². The van der Waals surface area contributed by atoms with Gasteiger partial charge in [0.05, 0.1) is 13.7 Å². The second-order valence-corrected chi connectivity index (χ2v) is 3.70. The molecule has 0 aliphatic heterocycles. The van der Waals surface area contributed by atoms with Crippen LogP contribution in [0.25, 0.3) is 0 Å². The van der Waals surface area contributed by atoms with Gasteiger partial charge in [0, 0.05) is 13.5 Å². The van der Waals surface area contributed by atoms with Crippen LogP contribution in [0.15, 0.2) is 0 Å². The topological polar surface area (TPSA) is 90.6 Å². The summed E-state index contributed by atoms with van der Waals surface area (Å²) in [6, 6.07) is 0. The lowest BCUT2D eigenvalue weighted by molar-refractivity contribution is -0.152. The van der Waals surface area contributed by atoms with Gasteiger partial charge < -0.3 is 20.5 Å². The lowest BCUT2D eigenvalue weighted by Gasteiger charge is -2.26. The smallest absolute Gasteiger partial charge is 0.333 e. The standard InChI is InChI=1S/C10H20N2O4/c1-10(7-15-2,9(14)16-3)12-8(13)5-4-6-11/h4-7,11H2,1-3H3,(H,12,13). The van der Waals surface area contributed by atoms with Gasteiger partial charge in [0.2, 0.25) is 5.91 Å². The minimum absolute atomic E-state index is 0.0635. The Balaban J connectivity index is 4.42. The van der Waals surface area contributed by atoms with Crippen LogP contribution in [-0.2, 0) is 19.1 Å². The third kappa shape index (κ3) is 4.59. The number of carbonyl (C=O) groups excluding carboxylic acids is 2. The highest BCUT2D eigenvalue weighted by Gasteiger charge is 2.35. The van der Waals surface area contributed by atoms with E-state index in [2.05, 4.69) is 10.1 Å². The van der Waals surface area contributed by atoms with E-state index < -0.39 is 11.5 Å². The van der Waals surface area contributed by atoms with E-state index in [0.29, 0.717) is 13.0 Å². The first kappa shape index (κ1) is 14.9. The molecule has 0 saturated carbocycles. The zero-order valence-electron chi connectivity index (χ0n) is 10.0. The molecule has 94 valence electrons. The number of esters is 1. The summed E-state index contributed by atoms with van der Waals surface area (Å²) in [5.74, 6) is -0.772. The molecule has 0 spiro atoms. The number of rotatable bonds is 7. The fraction of sp³-hybridized carbons (Fsp3) is 0.800. The van der Waals surface area contributed by atoms with E-state index in [9.17, 15) is 9.59 Å². The lowest BCUT2D eigenvalue weighted by Crippen LogP contribution is -2.55. The minimum atomic E-state index is -1.14. The highest BCUT2D eigenvalue weighted by Crippen LogP contribution is 2.07. The molecular weight excluding hydrogens is 212 g/mol. The highest BCUT2D eigenvalue weighted by molar-refractivity contribution is 5.87. The van der Waals surface area contributed by atoms with Crippen molar-refractivity contribution < 1.29 is 19.1 Å². The summed E-state index contributed by atoms with van der Waals surface area (Å²) in [4.78, 5) is 23.0. The molecule has 0 aromatic heterocycles. The number of ether oxygens (including phenoxy) is 2. The number of methoxy groups -OCH3 is 2. The largest absolute Gasteiger partial charge is 0.467 e. The van der Waals surface area contributed by atoms with Crippen LogP contribution >= 0.6 is 0 Å². The van der Waals surface area contributed by atoms with Crippen LogP contribution in [0.4, 0.5) is 0 Å². The Bertz CT molecular complexity index is 245. The molecule has 0 heterocycles. The normalized spacial score (nSPS) is 14.0. The summed E-state index contributed by atoms with van der Waals surface area (Å²) >= 11 is 0. The average Bonchev–Trinajstić information content (AvgIpc) is 2.25. The molecular formula is C10H20N2O4. The van der Waals surface area contributed by atoms with Gasteiger partial charge in [-0.3, -0.25) is 4.79 Å². The number of carbonyl (C=O) groups is 2. The van der Waals surface area contributed by atoms with Crippen molar-refractivity contribution in [2.24, 2.45) is 5.73 Å². The third-order valence-corrected chi connectivity index (χ3v) is 2.09. The number of nitrogens with one attached hydrogen (secondary N) is 1. The zero-order chi connectivity index (χ0) is 12.6. The summed E-state index contributed by atoms with van der Waals surface area (Å²) < 4.78 is 9.51. The van der Waals surface area contributed by atoms with Crippen LogP contribution in [0, 0.1) is 0 Å². The predicted octanol–water partition coefficient (Wildman–Crippen LogP) is -0.580. The molecule has 0 aliphatic carbocycles. The van der Waals surface area contributed by atoms with E-state index in [1.54, 1.807) is 6.92 Å². The van der Waals surface area contributed by atoms with Gasteiger partial charge in [0.15, 0.2) is 5.54 Å². The van der Waals surface area contributed by atoms with Gasteiger partial charge in [-0.05, 0) is 19.9 Å². The van der Waals surface area contributed by atoms with Crippen molar-refractivity contribution in [1.82, 2.24) is 5.32 Å². The molecule has 1 atom stereocenters. The van der Waals surface area contributed by atoms with Crippen LogP contribution < -0.4 is 11.1 Å². The molecule has 0 fully saturated rings. The van der Waals surface area contributed by atoms with Crippen LogP contribution in [-0.4, -0.2) is 44.8 Å². The van der Waals surface area contributed by atoms with Crippen molar-refractivity contribution in [3.8, 4) is 0 Å². The summed E-state index contributed by atoms with van der Waals surface area (Å²) in [6.45, 7) is 2.06. The molecule has 0 saturated heterocycles. The maximum absolute atomic E-state index is 11.5. The Morgan fingerprint density at radius 3 is 2.44 bits per heavy atom. The van der Waals surface area contributed by atoms with E-state index >= 15 is 0 Å². The first-order valence-electron chi connectivity index (χ1n) is 5.08. The van der Waals surface area contributed by atoms with Crippen molar-refractivity contribution in [2.45, 2.75) is 25.3 Å². The second-order valence-electron chi connectivity index (χ2n) is 3.70. The number of nitrogens with two attached hydrogens (primary N) is 1. The van der Waals surface area contributed by atoms with E-state index in [1.807, 2.05) is 0 Å². The van der Waals surface area contributed by atoms with E-state index in [1.165, 1.54) is 14.2 Å². The predicted molar refractivity (Wildman–Crippen MR) is 58.7 cm³/mol. The maximum Gasteiger partial charge on any atom is 0.333 e. The molecule has 1 amide bonds. The Kier molecular flexibility index (Phi) is 6.67. The zero-order valence-corrected chi connectivity index (χ0v) is 10.0. The fourth-order valence-corrected chi connectivity index (χ4v) is 1.29. The van der Waals surface area contributed by atoms with Crippen molar-refractivity contribution in [3.05, 3.63) is 0 Å². The molecule has 16 heavy (non-hydrogen) atoms. The first-order chi connectivity index (χ1) is 7.50. The lowest BCUT2D eigenvalue weighted by atomic mass is 10.0. The van der Waals surface area contributed by atoms with Crippen LogP contribution in [0.1, 0.15) is 19.8 Å². The van der Waals surface area contributed by atoms with Crippen molar-refractivity contribution in [2.75, 3.05) is 27.4 Å². The van der Waals surface area contributed by atoms with E-state index in [0.717, 1.165) is 0 Å². The number of hydrogen-bond acceptors (Lipinski definition) is 5. The monoisotopic (exact) mass is 232 g/mol. The van der Waals surface area contributed by atoms with Gasteiger partial charge in [-0.15, -0.1) is 0 Å². The van der Waals surface area contributed by atoms with Gasteiger partial charge in [0.1, 0.15) is 0 Å². The van der Waals surface area contributed by atoms with Crippen molar-refractivity contribution in [1.29, 1.82) is 0 Å². The van der Waals surface area contributed by atoms with Crippen molar-refractivity contribution in [3.63, 3.8) is 0 Å². The molecule has 0 rings (SSSR count). The Labute approximate surface area is 95.5 Å². The molecule has 1 unspecified atom stereocenters. The average molecular weight is 232 g/mol. The van der Waals surface area contributed by atoms with Gasteiger partial charge >= 0.3 is 5.97 Å². The van der Waals surface area contributed by atoms with Gasteiger partial charge in [-0.25, -0.2) is 4.79 Å². The quantitative estimate of drug-likeness (QED) is 0.573. The summed E-state index contributed by atoms with van der Waals surface area (Å²) in [7, 11) is 2.72. The Morgan fingerprint density at radius 2 is 2.00 bits per heavy atom. The number of hydrogen-bond donors (Lipinski definition) is 2. The fourth-order valence-electron chi connectivity index (χ4n) is 1.29. The Morgan fingerprint density at radius 1 is 1.38 bits per heavy atom. The first-order valence-corrected chi connectivity index (χ1v) is 5.08. The molecule has 0 aliphatic rings. The molecule has 0 radical (unpaired) electrons. The third-order valence-electron chi connectivity index (χ3n) is 2.09. The minimum Gasteiger partial charge on any atom is -0.467 e. The molecule has 0 aromatic carbocycles. The van der Waals surface area contributed by atoms with Crippen LogP contribution in [0.5, 0.6) is 0 Å². The Hall–Kier alpha value is -1.14. The molecule has 6 heteroatoms. The molecule has 0 bridgehead atoms. The van der Waals surface area contributed by atoms with E-state index in [4.69, 9.17) is 10.5 Å². The summed E-state index contributed by atoms with van der Waals surface area (Å²) in [5, 5.41) is 2.59. The van der Waals surface area contributed by atoms with Crippen LogP contribution in [0.3, 0.4) is 0 Å². The van der Waals surface area contributed by atoms with Gasteiger partial charge in [-0.2, -0.15) is 0 Å². The summed E-state index contributed by atoms with van der Waals surface area (Å²) in [5.41, 5.74) is 4.15. The van der Waals surface area contributed by atoms with Gasteiger partial charge in [-0.1, -0.05) is 0 Å². The SMILES string of the molecule is COCC(C)(NC(=O)CCCN)C(=O)OC. The maximum atomic E-state index is 11.5. The van der Waals surface area contributed by atoms with Crippen LogP contribution in [0.2, 0.25) is 0 Å². The molecule has 0 aromatic rings. The highest BCUT2D eigenvalue weighted by atomic mass is 16.5. The summed E-state index contributed by atoms with van der Waals surface area (Å²) in [6.07, 6.45) is 0.864. The number of amides is 1. The molecule has 6 nitrogen and oxygen atoms in total. The van der Waals surface area contributed by atoms with E-state index in [-0.39, 0.29) is 18.9 Å². The molecule has 3 N–H and O–H groups in total. The second kappa shape index (κ2) is 7.19. The van der Waals surface area contributed by atoms with Crippen molar-refractivity contribution >= 4 is 11.9 Å².